The third-order valence-electron chi connectivity index (χ3n) is 3.35. The lowest BCUT2D eigenvalue weighted by atomic mass is 9.99. The molecule has 0 bridgehead atoms. The number of halogens is 1. The lowest BCUT2D eigenvalue weighted by Gasteiger charge is -2.17. The Labute approximate surface area is 129 Å². The van der Waals surface area contributed by atoms with E-state index in [4.69, 9.17) is 17.4 Å². The number of benzene rings is 2. The van der Waals surface area contributed by atoms with E-state index in [9.17, 15) is 0 Å². The molecule has 0 saturated carbocycles. The minimum absolute atomic E-state index is 0.0612. The van der Waals surface area contributed by atoms with Crippen molar-refractivity contribution in [2.75, 3.05) is 6.26 Å². The van der Waals surface area contributed by atoms with E-state index in [1.165, 1.54) is 16.0 Å². The van der Waals surface area contributed by atoms with Crippen molar-refractivity contribution in [1.82, 2.24) is 5.43 Å². The second kappa shape index (κ2) is 7.14. The molecule has 106 valence electrons. The second-order valence-corrected chi connectivity index (χ2v) is 6.08. The highest BCUT2D eigenvalue weighted by molar-refractivity contribution is 7.98. The molecule has 0 aliphatic rings. The molecule has 0 amide bonds. The summed E-state index contributed by atoms with van der Waals surface area (Å²) in [5.74, 6) is 5.70. The zero-order valence-electron chi connectivity index (χ0n) is 11.7. The molecule has 4 heteroatoms. The minimum atomic E-state index is 0.0612. The van der Waals surface area contributed by atoms with Crippen molar-refractivity contribution in [1.29, 1.82) is 0 Å². The first kappa shape index (κ1) is 15.4. The lowest BCUT2D eigenvalue weighted by Crippen LogP contribution is -2.29. The molecule has 2 aromatic rings. The Morgan fingerprint density at radius 2 is 1.90 bits per heavy atom. The number of nitrogens with one attached hydrogen (secondary N) is 1. The molecule has 0 aliphatic heterocycles. The maximum absolute atomic E-state index is 6.29. The van der Waals surface area contributed by atoms with Gasteiger partial charge in [0.1, 0.15) is 0 Å². The largest absolute Gasteiger partial charge is 0.271 e. The van der Waals surface area contributed by atoms with Gasteiger partial charge in [0.2, 0.25) is 0 Å². The van der Waals surface area contributed by atoms with E-state index in [1.54, 1.807) is 11.8 Å². The van der Waals surface area contributed by atoms with Crippen LogP contribution in [0.15, 0.2) is 47.4 Å². The molecular formula is C16H19ClN2S. The van der Waals surface area contributed by atoms with Gasteiger partial charge in [-0.15, -0.1) is 11.8 Å². The number of aryl methyl sites for hydroxylation is 1. The van der Waals surface area contributed by atoms with Crippen molar-refractivity contribution in [3.05, 3.63) is 64.2 Å². The number of hydrogen-bond donors (Lipinski definition) is 2. The van der Waals surface area contributed by atoms with Crippen LogP contribution in [0.1, 0.15) is 22.7 Å². The van der Waals surface area contributed by atoms with Crippen LogP contribution in [0, 0.1) is 6.92 Å². The highest BCUT2D eigenvalue weighted by Crippen LogP contribution is 2.25. The summed E-state index contributed by atoms with van der Waals surface area (Å²) >= 11 is 8.03. The van der Waals surface area contributed by atoms with E-state index < -0.39 is 0 Å². The molecule has 0 spiro atoms. The fraction of sp³-hybridized carbons (Fsp3) is 0.250. The average Bonchev–Trinajstić information content (AvgIpc) is 2.47. The van der Waals surface area contributed by atoms with Crippen molar-refractivity contribution in [2.24, 2.45) is 5.84 Å². The Hall–Kier alpha value is -1.00. The van der Waals surface area contributed by atoms with Crippen molar-refractivity contribution in [2.45, 2.75) is 24.3 Å². The lowest BCUT2D eigenvalue weighted by molar-refractivity contribution is 0.551. The summed E-state index contributed by atoms with van der Waals surface area (Å²) in [6, 6.07) is 14.6. The van der Waals surface area contributed by atoms with Crippen molar-refractivity contribution in [3.8, 4) is 0 Å². The number of nitrogens with two attached hydrogens (primary N) is 1. The molecule has 0 heterocycles. The Morgan fingerprint density at radius 3 is 2.45 bits per heavy atom. The van der Waals surface area contributed by atoms with E-state index >= 15 is 0 Å². The van der Waals surface area contributed by atoms with Crippen LogP contribution in [0.3, 0.4) is 0 Å². The monoisotopic (exact) mass is 306 g/mol. The second-order valence-electron chi connectivity index (χ2n) is 4.79. The van der Waals surface area contributed by atoms with Crippen LogP contribution in [0.25, 0.3) is 0 Å². The molecule has 2 rings (SSSR count). The number of hydrazine groups is 1. The van der Waals surface area contributed by atoms with Gasteiger partial charge in [0.05, 0.1) is 6.04 Å². The fourth-order valence-electron chi connectivity index (χ4n) is 2.15. The van der Waals surface area contributed by atoms with Crippen LogP contribution in [0.2, 0.25) is 5.02 Å². The van der Waals surface area contributed by atoms with E-state index in [0.717, 1.165) is 17.0 Å². The van der Waals surface area contributed by atoms with Gasteiger partial charge in [-0.3, -0.25) is 11.3 Å². The number of rotatable bonds is 5. The van der Waals surface area contributed by atoms with Gasteiger partial charge in [0.25, 0.3) is 0 Å². The molecular weight excluding hydrogens is 288 g/mol. The smallest absolute Gasteiger partial charge is 0.0500 e. The van der Waals surface area contributed by atoms with Crippen LogP contribution in [0.4, 0.5) is 0 Å². The van der Waals surface area contributed by atoms with Gasteiger partial charge in [0.15, 0.2) is 0 Å². The van der Waals surface area contributed by atoms with Gasteiger partial charge >= 0.3 is 0 Å². The summed E-state index contributed by atoms with van der Waals surface area (Å²) in [5.41, 5.74) is 6.32. The fourth-order valence-corrected chi connectivity index (χ4v) is 2.87. The first-order valence-electron chi connectivity index (χ1n) is 6.49. The standard InChI is InChI=1S/C16H19ClN2S/c1-11-3-4-13(15(17)9-11)10-16(19-18)12-5-7-14(20-2)8-6-12/h3-9,16,19H,10,18H2,1-2H3. The van der Waals surface area contributed by atoms with Gasteiger partial charge in [-0.25, -0.2) is 0 Å². The zero-order chi connectivity index (χ0) is 14.5. The number of hydrogen-bond acceptors (Lipinski definition) is 3. The molecule has 3 N–H and O–H groups in total. The van der Waals surface area contributed by atoms with E-state index in [0.29, 0.717) is 0 Å². The van der Waals surface area contributed by atoms with Crippen LogP contribution in [-0.2, 0) is 6.42 Å². The van der Waals surface area contributed by atoms with Gasteiger partial charge in [-0.2, -0.15) is 0 Å². The van der Waals surface area contributed by atoms with Crippen LogP contribution in [-0.4, -0.2) is 6.26 Å². The number of thioether (sulfide) groups is 1. The maximum atomic E-state index is 6.29. The molecule has 1 unspecified atom stereocenters. The van der Waals surface area contributed by atoms with Gasteiger partial charge < -0.3 is 0 Å². The van der Waals surface area contributed by atoms with Gasteiger partial charge in [0, 0.05) is 9.92 Å². The van der Waals surface area contributed by atoms with Crippen LogP contribution >= 0.6 is 23.4 Å². The Kier molecular flexibility index (Phi) is 5.49. The molecule has 0 saturated heterocycles. The van der Waals surface area contributed by atoms with Gasteiger partial charge in [-0.05, 0) is 54.5 Å². The molecule has 20 heavy (non-hydrogen) atoms. The Balaban J connectivity index is 2.19. The molecule has 0 radical (unpaired) electrons. The molecule has 1 atom stereocenters. The van der Waals surface area contributed by atoms with E-state index in [2.05, 4.69) is 48.1 Å². The van der Waals surface area contributed by atoms with Gasteiger partial charge in [-0.1, -0.05) is 35.9 Å². The van der Waals surface area contributed by atoms with Crippen LogP contribution in [0.5, 0.6) is 0 Å². The Morgan fingerprint density at radius 1 is 1.20 bits per heavy atom. The van der Waals surface area contributed by atoms with E-state index in [-0.39, 0.29) is 6.04 Å². The first-order valence-corrected chi connectivity index (χ1v) is 8.09. The molecule has 2 aromatic carbocycles. The first-order chi connectivity index (χ1) is 9.63. The molecule has 0 aromatic heterocycles. The summed E-state index contributed by atoms with van der Waals surface area (Å²) in [6.45, 7) is 2.04. The zero-order valence-corrected chi connectivity index (χ0v) is 13.3. The van der Waals surface area contributed by atoms with Crippen molar-refractivity contribution in [3.63, 3.8) is 0 Å². The highest BCUT2D eigenvalue weighted by atomic mass is 35.5. The summed E-state index contributed by atoms with van der Waals surface area (Å²) < 4.78 is 0. The predicted molar refractivity (Wildman–Crippen MR) is 88.2 cm³/mol. The molecule has 0 fully saturated rings. The molecule has 0 aliphatic carbocycles. The topological polar surface area (TPSA) is 38.0 Å². The third-order valence-corrected chi connectivity index (χ3v) is 4.45. The predicted octanol–water partition coefficient (Wildman–Crippen LogP) is 4.12. The normalized spacial score (nSPS) is 12.4. The summed E-state index contributed by atoms with van der Waals surface area (Å²) in [5, 5.41) is 0.797. The maximum Gasteiger partial charge on any atom is 0.0500 e. The highest BCUT2D eigenvalue weighted by Gasteiger charge is 2.12. The van der Waals surface area contributed by atoms with Crippen molar-refractivity contribution < 1.29 is 0 Å². The quantitative estimate of drug-likeness (QED) is 0.496. The summed E-state index contributed by atoms with van der Waals surface area (Å²) in [7, 11) is 0. The average molecular weight is 307 g/mol. The van der Waals surface area contributed by atoms with Crippen LogP contribution < -0.4 is 11.3 Å². The minimum Gasteiger partial charge on any atom is -0.271 e. The van der Waals surface area contributed by atoms with E-state index in [1.807, 2.05) is 13.0 Å². The third kappa shape index (κ3) is 3.76. The Bertz CT molecular complexity index is 569. The molecule has 2 nitrogen and oxygen atoms in total. The summed E-state index contributed by atoms with van der Waals surface area (Å²) in [6.07, 6.45) is 2.84. The van der Waals surface area contributed by atoms with Crippen molar-refractivity contribution >= 4 is 23.4 Å². The SMILES string of the molecule is CSc1ccc(C(Cc2ccc(C)cc2Cl)NN)cc1. The summed E-state index contributed by atoms with van der Waals surface area (Å²) in [4.78, 5) is 1.25.